The summed E-state index contributed by atoms with van der Waals surface area (Å²) in [6.45, 7) is -0.346. The van der Waals surface area contributed by atoms with E-state index < -0.39 is 5.91 Å². The van der Waals surface area contributed by atoms with Crippen LogP contribution in [0.2, 0.25) is 10.0 Å². The summed E-state index contributed by atoms with van der Waals surface area (Å²) in [5, 5.41) is 6.52. The zero-order valence-corrected chi connectivity index (χ0v) is 19.5. The largest absolute Gasteiger partial charge is 0.497 e. The SMILES string of the molecule is COc1ccc2nc(N(/N=C/c3ccc(F)cc3)C(=O)COc3ccc(Cl)cc3Cl)sc2c1. The summed E-state index contributed by atoms with van der Waals surface area (Å²) in [5.41, 5.74) is 1.30. The summed E-state index contributed by atoms with van der Waals surface area (Å²) in [4.78, 5) is 17.6. The molecule has 1 aromatic heterocycles. The number of carbonyl (C=O) groups is 1. The van der Waals surface area contributed by atoms with Crippen LogP contribution in [0.1, 0.15) is 5.56 Å². The molecule has 0 fully saturated rings. The van der Waals surface area contributed by atoms with Gasteiger partial charge in [0.1, 0.15) is 17.3 Å². The number of nitrogens with zero attached hydrogens (tertiary/aromatic N) is 3. The Morgan fingerprint density at radius 1 is 1.15 bits per heavy atom. The van der Waals surface area contributed by atoms with E-state index in [-0.39, 0.29) is 17.4 Å². The van der Waals surface area contributed by atoms with Crippen LogP contribution < -0.4 is 14.5 Å². The minimum Gasteiger partial charge on any atom is -0.497 e. The van der Waals surface area contributed by atoms with Gasteiger partial charge in [0, 0.05) is 5.02 Å². The summed E-state index contributed by atoms with van der Waals surface area (Å²) >= 11 is 13.3. The number of anilines is 1. The average molecular weight is 504 g/mol. The molecule has 0 aliphatic carbocycles. The molecule has 0 radical (unpaired) electrons. The van der Waals surface area contributed by atoms with Crippen molar-refractivity contribution in [3.05, 3.63) is 82.1 Å². The second-order valence-corrected chi connectivity index (χ2v) is 8.55. The second kappa shape index (κ2) is 10.2. The average Bonchev–Trinajstić information content (AvgIpc) is 3.22. The summed E-state index contributed by atoms with van der Waals surface area (Å²) < 4.78 is 24.9. The van der Waals surface area contributed by atoms with Crippen LogP contribution in [0.3, 0.4) is 0 Å². The van der Waals surface area contributed by atoms with E-state index in [0.717, 1.165) is 9.71 Å². The predicted molar refractivity (Wildman–Crippen MR) is 130 cm³/mol. The molecular weight excluding hydrogens is 488 g/mol. The highest BCUT2D eigenvalue weighted by atomic mass is 35.5. The number of benzene rings is 3. The van der Waals surface area contributed by atoms with E-state index in [2.05, 4.69) is 10.1 Å². The van der Waals surface area contributed by atoms with Crippen LogP contribution in [-0.4, -0.2) is 30.8 Å². The fourth-order valence-electron chi connectivity index (χ4n) is 2.80. The number of carbonyl (C=O) groups excluding carboxylic acids is 1. The molecule has 1 amide bonds. The van der Waals surface area contributed by atoms with Crippen molar-refractivity contribution in [2.75, 3.05) is 18.7 Å². The van der Waals surface area contributed by atoms with E-state index in [4.69, 9.17) is 32.7 Å². The van der Waals surface area contributed by atoms with Crippen molar-refractivity contribution < 1.29 is 18.7 Å². The van der Waals surface area contributed by atoms with Crippen LogP contribution in [0, 0.1) is 5.82 Å². The van der Waals surface area contributed by atoms with Gasteiger partial charge in [0.05, 0.1) is 28.6 Å². The second-order valence-electron chi connectivity index (χ2n) is 6.70. The van der Waals surface area contributed by atoms with Crippen molar-refractivity contribution in [2.24, 2.45) is 5.10 Å². The molecule has 6 nitrogen and oxygen atoms in total. The van der Waals surface area contributed by atoms with E-state index in [9.17, 15) is 9.18 Å². The van der Waals surface area contributed by atoms with Gasteiger partial charge in [-0.3, -0.25) is 4.79 Å². The van der Waals surface area contributed by atoms with Crippen molar-refractivity contribution in [3.8, 4) is 11.5 Å². The lowest BCUT2D eigenvalue weighted by atomic mass is 10.2. The normalized spacial score (nSPS) is 11.2. The van der Waals surface area contributed by atoms with E-state index in [1.165, 1.54) is 35.8 Å². The smallest absolute Gasteiger partial charge is 0.287 e. The number of hydrogen-bond donors (Lipinski definition) is 0. The van der Waals surface area contributed by atoms with Gasteiger partial charge in [-0.05, 0) is 54.1 Å². The Balaban J connectivity index is 1.62. The van der Waals surface area contributed by atoms with Gasteiger partial charge in [-0.15, -0.1) is 0 Å². The molecule has 0 saturated heterocycles. The van der Waals surface area contributed by atoms with E-state index in [1.54, 1.807) is 43.5 Å². The fourth-order valence-corrected chi connectivity index (χ4v) is 4.23. The Morgan fingerprint density at radius 3 is 2.67 bits per heavy atom. The van der Waals surface area contributed by atoms with E-state index in [0.29, 0.717) is 32.7 Å². The Morgan fingerprint density at radius 2 is 1.94 bits per heavy atom. The molecule has 168 valence electrons. The monoisotopic (exact) mass is 503 g/mol. The molecule has 3 aromatic carbocycles. The van der Waals surface area contributed by atoms with Gasteiger partial charge in [0.15, 0.2) is 6.61 Å². The lowest BCUT2D eigenvalue weighted by Gasteiger charge is -2.15. The number of aromatic nitrogens is 1. The quantitative estimate of drug-likeness (QED) is 0.222. The minimum absolute atomic E-state index is 0.281. The van der Waals surface area contributed by atoms with Gasteiger partial charge >= 0.3 is 0 Å². The van der Waals surface area contributed by atoms with Crippen LogP contribution in [-0.2, 0) is 4.79 Å². The predicted octanol–water partition coefficient (Wildman–Crippen LogP) is 6.20. The fraction of sp³-hybridized carbons (Fsp3) is 0.0870. The number of methoxy groups -OCH3 is 1. The van der Waals surface area contributed by atoms with Crippen LogP contribution in [0.4, 0.5) is 9.52 Å². The topological polar surface area (TPSA) is 64.0 Å². The number of fused-ring (bicyclic) bond motifs is 1. The van der Waals surface area contributed by atoms with Gasteiger partial charge in [-0.2, -0.15) is 10.1 Å². The molecule has 0 spiro atoms. The first-order valence-corrected chi connectivity index (χ1v) is 11.1. The number of hydrazone groups is 1. The van der Waals surface area contributed by atoms with Crippen LogP contribution in [0.25, 0.3) is 10.2 Å². The summed E-state index contributed by atoms with van der Waals surface area (Å²) in [5.74, 6) is 0.135. The molecule has 33 heavy (non-hydrogen) atoms. The zero-order chi connectivity index (χ0) is 23.4. The molecule has 10 heteroatoms. The zero-order valence-electron chi connectivity index (χ0n) is 17.2. The van der Waals surface area contributed by atoms with Crippen molar-refractivity contribution in [3.63, 3.8) is 0 Å². The summed E-state index contributed by atoms with van der Waals surface area (Å²) in [7, 11) is 1.57. The Kier molecular flexibility index (Phi) is 7.08. The van der Waals surface area contributed by atoms with E-state index >= 15 is 0 Å². The lowest BCUT2D eigenvalue weighted by molar-refractivity contribution is -0.120. The first-order valence-electron chi connectivity index (χ1n) is 9.58. The van der Waals surface area contributed by atoms with Gasteiger partial charge in [-0.1, -0.05) is 46.7 Å². The molecular formula is C23H16Cl2FN3O3S. The maximum atomic E-state index is 13.2. The third kappa shape index (κ3) is 5.60. The van der Waals surface area contributed by atoms with Gasteiger partial charge < -0.3 is 9.47 Å². The third-order valence-electron chi connectivity index (χ3n) is 4.44. The number of thiazole rings is 1. The Hall–Kier alpha value is -3.20. The highest BCUT2D eigenvalue weighted by molar-refractivity contribution is 7.22. The van der Waals surface area contributed by atoms with Crippen LogP contribution in [0.5, 0.6) is 11.5 Å². The summed E-state index contributed by atoms with van der Waals surface area (Å²) in [6, 6.07) is 15.8. The van der Waals surface area contributed by atoms with Gasteiger partial charge in [0.25, 0.3) is 5.91 Å². The van der Waals surface area contributed by atoms with E-state index in [1.807, 2.05) is 6.07 Å². The minimum atomic E-state index is -0.481. The van der Waals surface area contributed by atoms with Crippen molar-refractivity contribution in [1.29, 1.82) is 0 Å². The maximum absolute atomic E-state index is 13.2. The summed E-state index contributed by atoms with van der Waals surface area (Å²) in [6.07, 6.45) is 1.44. The van der Waals surface area contributed by atoms with Crippen molar-refractivity contribution >= 4 is 62.0 Å². The van der Waals surface area contributed by atoms with Gasteiger partial charge in [0.2, 0.25) is 5.13 Å². The molecule has 0 bridgehead atoms. The molecule has 0 aliphatic heterocycles. The molecule has 4 rings (SSSR count). The lowest BCUT2D eigenvalue weighted by Crippen LogP contribution is -2.30. The Labute approximate surface area is 202 Å². The first kappa shape index (κ1) is 23.0. The molecule has 0 unspecified atom stereocenters. The van der Waals surface area contributed by atoms with Crippen molar-refractivity contribution in [1.82, 2.24) is 4.98 Å². The molecule has 4 aromatic rings. The molecule has 0 N–H and O–H groups in total. The van der Waals surface area contributed by atoms with Crippen LogP contribution >= 0.6 is 34.5 Å². The highest BCUT2D eigenvalue weighted by Crippen LogP contribution is 2.32. The first-order chi connectivity index (χ1) is 15.9. The number of ether oxygens (including phenoxy) is 2. The standard InChI is InChI=1S/C23H16Cl2FN3O3S/c1-31-17-7-8-19-21(11-17)33-23(28-19)29(27-12-14-2-5-16(26)6-3-14)22(30)13-32-20-9-4-15(24)10-18(20)25/h2-12H,13H2,1H3/b27-12+. The molecule has 0 aliphatic rings. The Bertz CT molecular complexity index is 1330. The highest BCUT2D eigenvalue weighted by Gasteiger charge is 2.21. The number of hydrogen-bond acceptors (Lipinski definition) is 6. The number of amides is 1. The molecule has 1 heterocycles. The number of rotatable bonds is 7. The van der Waals surface area contributed by atoms with Crippen LogP contribution in [0.15, 0.2) is 65.8 Å². The third-order valence-corrected chi connectivity index (χ3v) is 5.96. The molecule has 0 atom stereocenters. The van der Waals surface area contributed by atoms with Crippen molar-refractivity contribution in [2.45, 2.75) is 0 Å². The molecule has 0 saturated carbocycles. The van der Waals surface area contributed by atoms with Gasteiger partial charge in [-0.25, -0.2) is 9.37 Å². The maximum Gasteiger partial charge on any atom is 0.287 e. The number of halogens is 3.